The van der Waals surface area contributed by atoms with Crippen LogP contribution in [0.1, 0.15) is 27.7 Å². The SMILES string of the molecule is COc1ccc(N)cc1NC(=O)C(C)N(C)C(C)C(C)C. The number of anilines is 2. The zero-order chi connectivity index (χ0) is 16.2. The van der Waals surface area contributed by atoms with E-state index in [1.54, 1.807) is 25.3 Å². The first-order valence-corrected chi connectivity index (χ1v) is 7.24. The fraction of sp³-hybridized carbons (Fsp3) is 0.562. The average Bonchev–Trinajstić information content (AvgIpc) is 2.44. The van der Waals surface area contributed by atoms with Crippen LogP contribution in [0.25, 0.3) is 0 Å². The van der Waals surface area contributed by atoms with Gasteiger partial charge in [-0.15, -0.1) is 0 Å². The number of carbonyl (C=O) groups is 1. The molecule has 0 heterocycles. The molecule has 1 aromatic carbocycles. The van der Waals surface area contributed by atoms with Crippen molar-refractivity contribution in [2.45, 2.75) is 39.8 Å². The van der Waals surface area contributed by atoms with E-state index in [1.165, 1.54) is 0 Å². The highest BCUT2D eigenvalue weighted by atomic mass is 16.5. The molecule has 0 fully saturated rings. The summed E-state index contributed by atoms with van der Waals surface area (Å²) in [5, 5.41) is 2.89. The molecule has 0 aliphatic rings. The van der Waals surface area contributed by atoms with Gasteiger partial charge >= 0.3 is 0 Å². The summed E-state index contributed by atoms with van der Waals surface area (Å²) < 4.78 is 5.24. The Morgan fingerprint density at radius 3 is 2.43 bits per heavy atom. The van der Waals surface area contributed by atoms with E-state index in [9.17, 15) is 4.79 Å². The summed E-state index contributed by atoms with van der Waals surface area (Å²) in [5.74, 6) is 1.00. The van der Waals surface area contributed by atoms with Crippen LogP contribution in [0, 0.1) is 5.92 Å². The van der Waals surface area contributed by atoms with Crippen molar-refractivity contribution in [2.24, 2.45) is 5.92 Å². The number of likely N-dealkylation sites (N-methyl/N-ethyl adjacent to an activating group) is 1. The molecule has 0 aliphatic carbocycles. The molecule has 3 N–H and O–H groups in total. The molecule has 2 unspecified atom stereocenters. The van der Waals surface area contributed by atoms with Gasteiger partial charge in [0.25, 0.3) is 0 Å². The number of nitrogens with zero attached hydrogens (tertiary/aromatic N) is 1. The maximum atomic E-state index is 12.4. The smallest absolute Gasteiger partial charge is 0.241 e. The molecular weight excluding hydrogens is 266 g/mol. The molecule has 0 aliphatic heterocycles. The fourth-order valence-corrected chi connectivity index (χ4v) is 2.07. The number of amides is 1. The van der Waals surface area contributed by atoms with E-state index in [2.05, 4.69) is 31.0 Å². The molecule has 118 valence electrons. The van der Waals surface area contributed by atoms with Crippen LogP contribution >= 0.6 is 0 Å². The van der Waals surface area contributed by atoms with E-state index in [4.69, 9.17) is 10.5 Å². The van der Waals surface area contributed by atoms with Crippen molar-refractivity contribution in [1.82, 2.24) is 4.90 Å². The molecule has 0 radical (unpaired) electrons. The Balaban J connectivity index is 2.83. The highest BCUT2D eigenvalue weighted by Gasteiger charge is 2.24. The molecule has 21 heavy (non-hydrogen) atoms. The maximum absolute atomic E-state index is 12.4. The number of methoxy groups -OCH3 is 1. The summed E-state index contributed by atoms with van der Waals surface area (Å²) in [6, 6.07) is 5.26. The lowest BCUT2D eigenvalue weighted by Gasteiger charge is -2.32. The number of nitrogens with two attached hydrogens (primary N) is 1. The number of hydrogen-bond donors (Lipinski definition) is 2. The quantitative estimate of drug-likeness (QED) is 0.791. The van der Waals surface area contributed by atoms with Gasteiger partial charge in [0.2, 0.25) is 5.91 Å². The third kappa shape index (κ3) is 4.36. The summed E-state index contributed by atoms with van der Waals surface area (Å²) in [6.07, 6.45) is 0. The first kappa shape index (κ1) is 17.3. The molecule has 0 saturated heterocycles. The predicted molar refractivity (Wildman–Crippen MR) is 87.6 cm³/mol. The first-order chi connectivity index (χ1) is 9.77. The van der Waals surface area contributed by atoms with Crippen LogP contribution in [0.2, 0.25) is 0 Å². The zero-order valence-corrected chi connectivity index (χ0v) is 13.8. The van der Waals surface area contributed by atoms with Gasteiger partial charge in [0.1, 0.15) is 5.75 Å². The Labute approximate surface area is 127 Å². The lowest BCUT2D eigenvalue weighted by molar-refractivity contribution is -0.121. The second-order valence-corrected chi connectivity index (χ2v) is 5.78. The van der Waals surface area contributed by atoms with Crippen LogP contribution in [0.5, 0.6) is 5.75 Å². The minimum atomic E-state index is -0.242. The number of ether oxygens (including phenoxy) is 1. The number of carbonyl (C=O) groups excluding carboxylic acids is 1. The number of rotatable bonds is 6. The monoisotopic (exact) mass is 293 g/mol. The van der Waals surface area contributed by atoms with Gasteiger partial charge in [-0.05, 0) is 45.0 Å². The maximum Gasteiger partial charge on any atom is 0.241 e. The van der Waals surface area contributed by atoms with Crippen LogP contribution in [0.4, 0.5) is 11.4 Å². The molecular formula is C16H27N3O2. The lowest BCUT2D eigenvalue weighted by atomic mass is 10.0. The van der Waals surface area contributed by atoms with Gasteiger partial charge in [-0.3, -0.25) is 9.69 Å². The van der Waals surface area contributed by atoms with Gasteiger partial charge in [0, 0.05) is 11.7 Å². The van der Waals surface area contributed by atoms with Crippen molar-refractivity contribution in [2.75, 3.05) is 25.2 Å². The van der Waals surface area contributed by atoms with Crippen molar-refractivity contribution >= 4 is 17.3 Å². The Morgan fingerprint density at radius 1 is 1.29 bits per heavy atom. The van der Waals surface area contributed by atoms with E-state index in [-0.39, 0.29) is 11.9 Å². The zero-order valence-electron chi connectivity index (χ0n) is 13.8. The van der Waals surface area contributed by atoms with Gasteiger partial charge in [-0.1, -0.05) is 13.8 Å². The molecule has 5 heteroatoms. The van der Waals surface area contributed by atoms with Crippen LogP contribution in [-0.2, 0) is 4.79 Å². The number of benzene rings is 1. The van der Waals surface area contributed by atoms with E-state index >= 15 is 0 Å². The molecule has 0 aromatic heterocycles. The largest absolute Gasteiger partial charge is 0.495 e. The summed E-state index contributed by atoms with van der Waals surface area (Å²) in [7, 11) is 3.53. The van der Waals surface area contributed by atoms with Gasteiger partial charge in [-0.25, -0.2) is 0 Å². The van der Waals surface area contributed by atoms with Gasteiger partial charge in [0.05, 0.1) is 18.8 Å². The van der Waals surface area contributed by atoms with Crippen molar-refractivity contribution in [3.63, 3.8) is 0 Å². The Hall–Kier alpha value is -1.75. The van der Waals surface area contributed by atoms with Crippen molar-refractivity contribution < 1.29 is 9.53 Å². The molecule has 1 amide bonds. The minimum absolute atomic E-state index is 0.0751. The molecule has 0 spiro atoms. The fourth-order valence-electron chi connectivity index (χ4n) is 2.07. The van der Waals surface area contributed by atoms with Crippen molar-refractivity contribution in [1.29, 1.82) is 0 Å². The minimum Gasteiger partial charge on any atom is -0.495 e. The van der Waals surface area contributed by atoms with E-state index in [0.717, 1.165) is 0 Å². The Bertz CT molecular complexity index is 488. The number of nitrogen functional groups attached to an aromatic ring is 1. The van der Waals surface area contributed by atoms with Crippen LogP contribution in [0.15, 0.2) is 18.2 Å². The predicted octanol–water partition coefficient (Wildman–Crippen LogP) is 2.58. The van der Waals surface area contributed by atoms with Gasteiger partial charge < -0.3 is 15.8 Å². The molecule has 0 bridgehead atoms. The topological polar surface area (TPSA) is 67.6 Å². The summed E-state index contributed by atoms with van der Waals surface area (Å²) in [5.41, 5.74) is 6.95. The van der Waals surface area contributed by atoms with Crippen molar-refractivity contribution in [3.05, 3.63) is 18.2 Å². The van der Waals surface area contributed by atoms with Crippen LogP contribution in [0.3, 0.4) is 0 Å². The average molecular weight is 293 g/mol. The second-order valence-electron chi connectivity index (χ2n) is 5.78. The first-order valence-electron chi connectivity index (χ1n) is 7.24. The molecule has 2 atom stereocenters. The van der Waals surface area contributed by atoms with Crippen LogP contribution in [-0.4, -0.2) is 37.0 Å². The molecule has 1 aromatic rings. The normalized spacial score (nSPS) is 14.1. The van der Waals surface area contributed by atoms with E-state index in [1.807, 2.05) is 14.0 Å². The second kappa shape index (κ2) is 7.31. The van der Waals surface area contributed by atoms with Crippen molar-refractivity contribution in [3.8, 4) is 5.75 Å². The number of hydrogen-bond acceptors (Lipinski definition) is 4. The molecule has 0 saturated carbocycles. The highest BCUT2D eigenvalue weighted by molar-refractivity contribution is 5.96. The lowest BCUT2D eigenvalue weighted by Crippen LogP contribution is -2.46. The third-order valence-electron chi connectivity index (χ3n) is 4.08. The summed E-state index contributed by atoms with van der Waals surface area (Å²) >= 11 is 0. The Kier molecular flexibility index (Phi) is 6.03. The standard InChI is InChI=1S/C16H27N3O2/c1-10(2)11(3)19(5)12(4)16(20)18-14-9-13(17)7-8-15(14)21-6/h7-12H,17H2,1-6H3,(H,18,20). The molecule has 5 nitrogen and oxygen atoms in total. The van der Waals surface area contributed by atoms with Gasteiger partial charge in [0.15, 0.2) is 0 Å². The molecule has 1 rings (SSSR count). The summed E-state index contributed by atoms with van der Waals surface area (Å²) in [6.45, 7) is 8.31. The number of nitrogens with one attached hydrogen (secondary N) is 1. The Morgan fingerprint density at radius 2 is 1.90 bits per heavy atom. The van der Waals surface area contributed by atoms with E-state index in [0.29, 0.717) is 29.1 Å². The van der Waals surface area contributed by atoms with Crippen LogP contribution < -0.4 is 15.8 Å². The highest BCUT2D eigenvalue weighted by Crippen LogP contribution is 2.27. The van der Waals surface area contributed by atoms with E-state index < -0.39 is 0 Å². The third-order valence-corrected chi connectivity index (χ3v) is 4.08. The van der Waals surface area contributed by atoms with Gasteiger partial charge in [-0.2, -0.15) is 0 Å². The summed E-state index contributed by atoms with van der Waals surface area (Å²) in [4.78, 5) is 14.5.